The van der Waals surface area contributed by atoms with Crippen LogP contribution in [0.2, 0.25) is 0 Å². The first-order valence-electron chi connectivity index (χ1n) is 7.19. The molecule has 1 saturated heterocycles. The number of rotatable bonds is 2. The van der Waals surface area contributed by atoms with E-state index in [1.165, 1.54) is 6.07 Å². The van der Waals surface area contributed by atoms with E-state index in [4.69, 9.17) is 0 Å². The summed E-state index contributed by atoms with van der Waals surface area (Å²) in [5.74, 6) is 0.346. The lowest BCUT2D eigenvalue weighted by Crippen LogP contribution is -2.31. The maximum atomic E-state index is 12.5. The van der Waals surface area contributed by atoms with Crippen LogP contribution < -0.4 is 0 Å². The first-order chi connectivity index (χ1) is 9.97. The first-order valence-corrected chi connectivity index (χ1v) is 7.19. The molecule has 1 aliphatic heterocycles. The van der Waals surface area contributed by atoms with Gasteiger partial charge < -0.3 is 10.0 Å². The number of hydrogen-bond acceptors (Lipinski definition) is 4. The van der Waals surface area contributed by atoms with Crippen molar-refractivity contribution in [2.24, 2.45) is 11.8 Å². The van der Waals surface area contributed by atoms with Crippen LogP contribution in [0, 0.1) is 28.9 Å². The predicted octanol–water partition coefficient (Wildman–Crippen LogP) is 1.75. The number of amides is 1. The summed E-state index contributed by atoms with van der Waals surface area (Å²) in [6.07, 6.45) is 1.44. The largest absolute Gasteiger partial charge is 0.393 e. The number of nitro benzene ring substituents is 1. The van der Waals surface area contributed by atoms with Crippen molar-refractivity contribution in [3.63, 3.8) is 0 Å². The third kappa shape index (κ3) is 2.40. The highest BCUT2D eigenvalue weighted by atomic mass is 16.6. The third-order valence-corrected chi connectivity index (χ3v) is 4.76. The Morgan fingerprint density at radius 1 is 1.38 bits per heavy atom. The number of aliphatic hydroxyl groups excluding tert-OH is 1. The van der Waals surface area contributed by atoms with Gasteiger partial charge in [-0.15, -0.1) is 0 Å². The number of nitrogens with zero attached hydrogens (tertiary/aromatic N) is 2. The highest BCUT2D eigenvalue weighted by molar-refractivity contribution is 5.95. The second-order valence-electron chi connectivity index (χ2n) is 6.04. The Hall–Kier alpha value is -1.95. The van der Waals surface area contributed by atoms with Crippen LogP contribution in [0.5, 0.6) is 0 Å². The van der Waals surface area contributed by atoms with Crippen molar-refractivity contribution in [1.29, 1.82) is 0 Å². The van der Waals surface area contributed by atoms with Crippen LogP contribution in [0.15, 0.2) is 18.2 Å². The fourth-order valence-corrected chi connectivity index (χ4v) is 3.52. The Balaban J connectivity index is 1.80. The van der Waals surface area contributed by atoms with Crippen LogP contribution in [0.25, 0.3) is 0 Å². The summed E-state index contributed by atoms with van der Waals surface area (Å²) in [4.78, 5) is 24.7. The van der Waals surface area contributed by atoms with Gasteiger partial charge in [0.1, 0.15) is 0 Å². The van der Waals surface area contributed by atoms with E-state index in [1.807, 2.05) is 0 Å². The van der Waals surface area contributed by atoms with E-state index in [0.717, 1.165) is 12.8 Å². The fraction of sp³-hybridized carbons (Fsp3) is 0.533. The smallest absolute Gasteiger partial charge is 0.273 e. The molecule has 1 N–H and O–H groups in total. The van der Waals surface area contributed by atoms with Crippen LogP contribution in [-0.4, -0.2) is 40.0 Å². The fourth-order valence-electron chi connectivity index (χ4n) is 3.52. The van der Waals surface area contributed by atoms with Gasteiger partial charge in [0.25, 0.3) is 11.6 Å². The summed E-state index contributed by atoms with van der Waals surface area (Å²) in [5, 5.41) is 20.9. The number of aliphatic hydroxyl groups is 1. The van der Waals surface area contributed by atoms with Crippen LogP contribution in [0.4, 0.5) is 5.69 Å². The molecule has 21 heavy (non-hydrogen) atoms. The van der Waals surface area contributed by atoms with Crippen molar-refractivity contribution in [3.8, 4) is 0 Å². The van der Waals surface area contributed by atoms with Gasteiger partial charge >= 0.3 is 0 Å². The van der Waals surface area contributed by atoms with E-state index >= 15 is 0 Å². The zero-order valence-electron chi connectivity index (χ0n) is 11.9. The maximum Gasteiger partial charge on any atom is 0.273 e. The molecule has 3 unspecified atom stereocenters. The number of carbonyl (C=O) groups is 1. The van der Waals surface area contributed by atoms with Gasteiger partial charge in [-0.2, -0.15) is 0 Å². The molecule has 1 aliphatic carbocycles. The minimum Gasteiger partial charge on any atom is -0.393 e. The molecule has 0 bridgehead atoms. The van der Waals surface area contributed by atoms with Gasteiger partial charge in [-0.3, -0.25) is 14.9 Å². The van der Waals surface area contributed by atoms with Crippen molar-refractivity contribution in [3.05, 3.63) is 39.4 Å². The maximum absolute atomic E-state index is 12.5. The second-order valence-corrected chi connectivity index (χ2v) is 6.04. The van der Waals surface area contributed by atoms with Crippen molar-refractivity contribution in [2.45, 2.75) is 25.9 Å². The Morgan fingerprint density at radius 3 is 2.81 bits per heavy atom. The lowest BCUT2D eigenvalue weighted by Gasteiger charge is -2.18. The number of likely N-dealkylation sites (tertiary alicyclic amines) is 1. The zero-order chi connectivity index (χ0) is 15.1. The highest BCUT2D eigenvalue weighted by Gasteiger charge is 2.43. The Labute approximate surface area is 122 Å². The number of fused-ring (bicyclic) bond motifs is 1. The minimum absolute atomic E-state index is 0.0275. The van der Waals surface area contributed by atoms with Gasteiger partial charge in [-0.25, -0.2) is 0 Å². The zero-order valence-corrected chi connectivity index (χ0v) is 11.9. The minimum atomic E-state index is -0.464. The van der Waals surface area contributed by atoms with Gasteiger partial charge in [-0.05, 0) is 31.7 Å². The van der Waals surface area contributed by atoms with Gasteiger partial charge in [0.15, 0.2) is 0 Å². The van der Waals surface area contributed by atoms with E-state index in [1.54, 1.807) is 24.0 Å². The van der Waals surface area contributed by atoms with Crippen molar-refractivity contribution >= 4 is 11.6 Å². The topological polar surface area (TPSA) is 83.7 Å². The van der Waals surface area contributed by atoms with Crippen LogP contribution in [0.3, 0.4) is 0 Å². The Bertz CT molecular complexity index is 601. The van der Waals surface area contributed by atoms with Crippen LogP contribution >= 0.6 is 0 Å². The predicted molar refractivity (Wildman–Crippen MR) is 76.0 cm³/mol. The molecule has 2 aliphatic rings. The number of carbonyl (C=O) groups excluding carboxylic acids is 1. The number of benzene rings is 1. The molecule has 1 heterocycles. The van der Waals surface area contributed by atoms with Gasteiger partial charge in [0, 0.05) is 36.2 Å². The van der Waals surface area contributed by atoms with E-state index in [0.29, 0.717) is 30.1 Å². The summed E-state index contributed by atoms with van der Waals surface area (Å²) in [6, 6.07) is 4.59. The molecule has 3 atom stereocenters. The molecule has 1 aromatic rings. The number of hydrogen-bond donors (Lipinski definition) is 1. The molecule has 0 spiro atoms. The average Bonchev–Trinajstić information content (AvgIpc) is 3.01. The van der Waals surface area contributed by atoms with Gasteiger partial charge in [-0.1, -0.05) is 6.07 Å². The number of nitro groups is 1. The standard InChI is InChI=1S/C15H18N2O4/c1-9-2-3-10(6-13(9)17(20)21)15(19)16-7-11-4-5-14(18)12(11)8-16/h2-3,6,11-12,14,18H,4-5,7-8H2,1H3. The van der Waals surface area contributed by atoms with Gasteiger partial charge in [0.2, 0.25) is 0 Å². The molecule has 0 aromatic heterocycles. The molecule has 2 fully saturated rings. The van der Waals surface area contributed by atoms with E-state index in [2.05, 4.69) is 0 Å². The molecule has 6 nitrogen and oxygen atoms in total. The summed E-state index contributed by atoms with van der Waals surface area (Å²) < 4.78 is 0. The molecule has 1 saturated carbocycles. The van der Waals surface area contributed by atoms with Crippen LogP contribution in [-0.2, 0) is 0 Å². The van der Waals surface area contributed by atoms with E-state index < -0.39 is 4.92 Å². The second kappa shape index (κ2) is 5.11. The lowest BCUT2D eigenvalue weighted by molar-refractivity contribution is -0.385. The molecule has 1 amide bonds. The molecule has 112 valence electrons. The quantitative estimate of drug-likeness (QED) is 0.664. The lowest BCUT2D eigenvalue weighted by atomic mass is 10.00. The highest BCUT2D eigenvalue weighted by Crippen LogP contribution is 2.38. The summed E-state index contributed by atoms with van der Waals surface area (Å²) in [7, 11) is 0. The van der Waals surface area contributed by atoms with Crippen molar-refractivity contribution < 1.29 is 14.8 Å². The summed E-state index contributed by atoms with van der Waals surface area (Å²) in [5.41, 5.74) is 0.868. The normalized spacial score (nSPS) is 27.7. The average molecular weight is 290 g/mol. The molecule has 1 aromatic carbocycles. The van der Waals surface area contributed by atoms with Crippen molar-refractivity contribution in [1.82, 2.24) is 4.90 Å². The summed E-state index contributed by atoms with van der Waals surface area (Å²) in [6.45, 7) is 2.84. The molecule has 6 heteroatoms. The van der Waals surface area contributed by atoms with E-state index in [-0.39, 0.29) is 23.6 Å². The molecular formula is C15H18N2O4. The Kier molecular flexibility index (Phi) is 3.41. The third-order valence-electron chi connectivity index (χ3n) is 4.76. The summed E-state index contributed by atoms with van der Waals surface area (Å²) >= 11 is 0. The van der Waals surface area contributed by atoms with E-state index in [9.17, 15) is 20.0 Å². The number of aryl methyl sites for hydroxylation is 1. The SMILES string of the molecule is Cc1ccc(C(=O)N2CC3CCC(O)C3C2)cc1[N+](=O)[O-]. The first kappa shape index (κ1) is 14.0. The van der Waals surface area contributed by atoms with Gasteiger partial charge in [0.05, 0.1) is 11.0 Å². The molecular weight excluding hydrogens is 272 g/mol. The van der Waals surface area contributed by atoms with Crippen molar-refractivity contribution in [2.75, 3.05) is 13.1 Å². The monoisotopic (exact) mass is 290 g/mol. The molecule has 3 rings (SSSR count). The Morgan fingerprint density at radius 2 is 2.14 bits per heavy atom. The van der Waals surface area contributed by atoms with Crippen LogP contribution in [0.1, 0.15) is 28.8 Å². The molecule has 0 radical (unpaired) electrons.